The third kappa shape index (κ3) is 4.38. The fourth-order valence-corrected chi connectivity index (χ4v) is 2.19. The number of pyridine rings is 1. The van der Waals surface area contributed by atoms with E-state index in [-0.39, 0.29) is 0 Å². The van der Waals surface area contributed by atoms with E-state index in [0.29, 0.717) is 5.82 Å². The summed E-state index contributed by atoms with van der Waals surface area (Å²) in [6.07, 6.45) is 0.0641. The zero-order chi connectivity index (χ0) is 13.7. The number of nitrogens with one attached hydrogen (secondary N) is 1. The van der Waals surface area contributed by atoms with Crippen molar-refractivity contribution in [3.63, 3.8) is 0 Å². The minimum absolute atomic E-state index is 0.495. The summed E-state index contributed by atoms with van der Waals surface area (Å²) in [5.74, 6) is 0.495. The Morgan fingerprint density at radius 3 is 2.53 bits per heavy atom. The molecule has 1 aromatic rings. The molecule has 3 nitrogen and oxygen atoms in total. The highest BCUT2D eigenvalue weighted by atomic mass is 19.4. The van der Waals surface area contributed by atoms with Crippen LogP contribution < -0.4 is 5.32 Å². The van der Waals surface area contributed by atoms with Crippen molar-refractivity contribution in [3.05, 3.63) is 23.9 Å². The number of halogens is 3. The number of hydrogen-bond acceptors (Lipinski definition) is 3. The molecule has 0 atom stereocenters. The van der Waals surface area contributed by atoms with Crippen LogP contribution in [0.25, 0.3) is 0 Å². The Kier molecular flexibility index (Phi) is 4.63. The second-order valence-corrected chi connectivity index (χ2v) is 4.76. The lowest BCUT2D eigenvalue weighted by atomic mass is 10.3. The third-order valence-electron chi connectivity index (χ3n) is 3.25. The first-order chi connectivity index (χ1) is 9.05. The summed E-state index contributed by atoms with van der Waals surface area (Å²) >= 11 is 0. The van der Waals surface area contributed by atoms with Gasteiger partial charge in [0.15, 0.2) is 0 Å². The number of alkyl halides is 3. The van der Waals surface area contributed by atoms with E-state index in [1.54, 1.807) is 0 Å². The molecule has 106 valence electrons. The lowest BCUT2D eigenvalue weighted by Crippen LogP contribution is -2.22. The van der Waals surface area contributed by atoms with Gasteiger partial charge >= 0.3 is 6.18 Å². The Morgan fingerprint density at radius 2 is 1.95 bits per heavy atom. The van der Waals surface area contributed by atoms with Gasteiger partial charge in [0.2, 0.25) is 0 Å². The topological polar surface area (TPSA) is 28.2 Å². The highest BCUT2D eigenvalue weighted by Crippen LogP contribution is 2.28. The molecule has 0 bridgehead atoms. The fraction of sp³-hybridized carbons (Fsp3) is 0.615. The number of rotatable bonds is 5. The summed E-state index contributed by atoms with van der Waals surface area (Å²) in [6, 6.07) is 2.43. The largest absolute Gasteiger partial charge is 0.417 e. The van der Waals surface area contributed by atoms with Gasteiger partial charge in [0.25, 0.3) is 0 Å². The summed E-state index contributed by atoms with van der Waals surface area (Å²) < 4.78 is 37.0. The SMILES string of the molecule is FC(F)(F)c1ccc(NCCCN2CCCC2)nc1. The van der Waals surface area contributed by atoms with Crippen LogP contribution in [-0.2, 0) is 6.18 Å². The number of likely N-dealkylation sites (tertiary alicyclic amines) is 1. The Bertz CT molecular complexity index is 383. The molecule has 19 heavy (non-hydrogen) atoms. The summed E-state index contributed by atoms with van der Waals surface area (Å²) in [4.78, 5) is 6.17. The van der Waals surface area contributed by atoms with Crippen molar-refractivity contribution in [1.82, 2.24) is 9.88 Å². The third-order valence-corrected chi connectivity index (χ3v) is 3.25. The minimum atomic E-state index is -4.32. The Labute approximate surface area is 110 Å². The Hall–Kier alpha value is -1.30. The second kappa shape index (κ2) is 6.23. The van der Waals surface area contributed by atoms with E-state index in [4.69, 9.17) is 0 Å². The zero-order valence-corrected chi connectivity index (χ0v) is 10.7. The standard InChI is InChI=1S/C13H18F3N3/c14-13(15,16)11-4-5-12(18-10-11)17-6-3-9-19-7-1-2-8-19/h4-5,10H,1-3,6-9H2,(H,17,18). The van der Waals surface area contributed by atoms with Crippen LogP contribution in [0.2, 0.25) is 0 Å². The van der Waals surface area contributed by atoms with Crippen LogP contribution in [0.4, 0.5) is 19.0 Å². The molecule has 0 spiro atoms. The quantitative estimate of drug-likeness (QED) is 0.836. The fourth-order valence-electron chi connectivity index (χ4n) is 2.19. The average molecular weight is 273 g/mol. The highest BCUT2D eigenvalue weighted by Gasteiger charge is 2.30. The molecule has 1 saturated heterocycles. The van der Waals surface area contributed by atoms with E-state index < -0.39 is 11.7 Å². The van der Waals surface area contributed by atoms with Gasteiger partial charge in [0.1, 0.15) is 5.82 Å². The van der Waals surface area contributed by atoms with Crippen LogP contribution in [0.3, 0.4) is 0 Å². The molecule has 0 saturated carbocycles. The van der Waals surface area contributed by atoms with E-state index in [1.807, 2.05) is 0 Å². The summed E-state index contributed by atoms with van der Waals surface area (Å²) in [7, 11) is 0. The van der Waals surface area contributed by atoms with Gasteiger partial charge in [-0.2, -0.15) is 13.2 Å². The smallest absolute Gasteiger partial charge is 0.370 e. The molecule has 0 aromatic carbocycles. The maximum Gasteiger partial charge on any atom is 0.417 e. The molecule has 6 heteroatoms. The number of anilines is 1. The van der Waals surface area contributed by atoms with Gasteiger partial charge in [-0.15, -0.1) is 0 Å². The lowest BCUT2D eigenvalue weighted by molar-refractivity contribution is -0.137. The Morgan fingerprint density at radius 1 is 1.21 bits per heavy atom. The molecular weight excluding hydrogens is 255 g/mol. The van der Waals surface area contributed by atoms with Gasteiger partial charge in [-0.05, 0) is 51.0 Å². The average Bonchev–Trinajstić information content (AvgIpc) is 2.87. The number of nitrogens with zero attached hydrogens (tertiary/aromatic N) is 2. The molecule has 2 heterocycles. The number of aromatic nitrogens is 1. The summed E-state index contributed by atoms with van der Waals surface area (Å²) in [5.41, 5.74) is -0.713. The summed E-state index contributed by atoms with van der Waals surface area (Å²) in [5, 5.41) is 3.04. The van der Waals surface area contributed by atoms with Crippen LogP contribution in [0.1, 0.15) is 24.8 Å². The van der Waals surface area contributed by atoms with Crippen LogP contribution in [-0.4, -0.2) is 36.1 Å². The maximum absolute atomic E-state index is 12.3. The molecule has 0 amide bonds. The van der Waals surface area contributed by atoms with Gasteiger partial charge in [-0.3, -0.25) is 0 Å². The molecule has 0 unspecified atom stereocenters. The number of hydrogen-bond donors (Lipinski definition) is 1. The van der Waals surface area contributed by atoms with Crippen molar-refractivity contribution in [3.8, 4) is 0 Å². The molecule has 1 aliphatic heterocycles. The van der Waals surface area contributed by atoms with Crippen molar-refractivity contribution in [2.75, 3.05) is 31.5 Å². The van der Waals surface area contributed by atoms with Crippen molar-refractivity contribution in [2.24, 2.45) is 0 Å². The van der Waals surface area contributed by atoms with Crippen molar-refractivity contribution >= 4 is 5.82 Å². The van der Waals surface area contributed by atoms with Gasteiger partial charge < -0.3 is 10.2 Å². The predicted molar refractivity (Wildman–Crippen MR) is 68.0 cm³/mol. The molecule has 1 N–H and O–H groups in total. The van der Waals surface area contributed by atoms with Gasteiger partial charge in [-0.1, -0.05) is 0 Å². The molecule has 1 aliphatic rings. The molecule has 0 aliphatic carbocycles. The van der Waals surface area contributed by atoms with Crippen molar-refractivity contribution in [1.29, 1.82) is 0 Å². The molecule has 1 fully saturated rings. The zero-order valence-electron chi connectivity index (χ0n) is 10.7. The first-order valence-corrected chi connectivity index (χ1v) is 6.55. The lowest BCUT2D eigenvalue weighted by Gasteiger charge is -2.14. The minimum Gasteiger partial charge on any atom is -0.370 e. The van der Waals surface area contributed by atoms with E-state index in [9.17, 15) is 13.2 Å². The van der Waals surface area contributed by atoms with E-state index in [0.717, 1.165) is 31.8 Å². The van der Waals surface area contributed by atoms with E-state index in [2.05, 4.69) is 15.2 Å². The highest BCUT2D eigenvalue weighted by molar-refractivity contribution is 5.35. The second-order valence-electron chi connectivity index (χ2n) is 4.76. The molecule has 1 aromatic heterocycles. The van der Waals surface area contributed by atoms with Crippen LogP contribution in [0, 0.1) is 0 Å². The molecule has 0 radical (unpaired) electrons. The van der Waals surface area contributed by atoms with E-state index in [1.165, 1.54) is 32.0 Å². The van der Waals surface area contributed by atoms with Crippen LogP contribution >= 0.6 is 0 Å². The van der Waals surface area contributed by atoms with E-state index >= 15 is 0 Å². The molecule has 2 rings (SSSR count). The molecular formula is C13H18F3N3. The van der Waals surface area contributed by atoms with Crippen molar-refractivity contribution in [2.45, 2.75) is 25.4 Å². The predicted octanol–water partition coefficient (Wildman–Crippen LogP) is 3.00. The first-order valence-electron chi connectivity index (χ1n) is 6.55. The van der Waals surface area contributed by atoms with Gasteiger partial charge in [0, 0.05) is 12.7 Å². The van der Waals surface area contributed by atoms with Crippen LogP contribution in [0.15, 0.2) is 18.3 Å². The normalized spacial score (nSPS) is 16.8. The maximum atomic E-state index is 12.3. The monoisotopic (exact) mass is 273 g/mol. The van der Waals surface area contributed by atoms with Crippen molar-refractivity contribution < 1.29 is 13.2 Å². The first kappa shape index (κ1) is 14.1. The Balaban J connectivity index is 1.71. The van der Waals surface area contributed by atoms with Gasteiger partial charge in [-0.25, -0.2) is 4.98 Å². The summed E-state index contributed by atoms with van der Waals surface area (Å²) in [6.45, 7) is 4.10. The van der Waals surface area contributed by atoms with Gasteiger partial charge in [0.05, 0.1) is 5.56 Å². The van der Waals surface area contributed by atoms with Crippen LogP contribution in [0.5, 0.6) is 0 Å².